The van der Waals surface area contributed by atoms with Crippen LogP contribution in [0.1, 0.15) is 41.4 Å². The fourth-order valence-corrected chi connectivity index (χ4v) is 3.74. The minimum Gasteiger partial charge on any atom is -0.351 e. The molecule has 2 aliphatic rings. The Balaban J connectivity index is 1.64. The van der Waals surface area contributed by atoms with E-state index in [0.717, 1.165) is 35.4 Å². The number of benzene rings is 1. The molecule has 2 aromatic rings. The maximum absolute atomic E-state index is 12.9. The second-order valence-electron chi connectivity index (χ2n) is 6.70. The van der Waals surface area contributed by atoms with Crippen molar-refractivity contribution in [1.82, 2.24) is 10.3 Å². The number of hydrogen-bond acceptors (Lipinski definition) is 1. The van der Waals surface area contributed by atoms with Gasteiger partial charge in [-0.3, -0.25) is 4.79 Å². The lowest BCUT2D eigenvalue weighted by Gasteiger charge is -2.23. The lowest BCUT2D eigenvalue weighted by atomic mass is 9.92. The van der Waals surface area contributed by atoms with Gasteiger partial charge in [0, 0.05) is 5.35 Å². The first-order valence-electron chi connectivity index (χ1n) is 8.97. The number of amides is 1. The molecule has 0 bridgehead atoms. The molecule has 2 aliphatic carbocycles. The van der Waals surface area contributed by atoms with E-state index in [-0.39, 0.29) is 17.3 Å². The van der Waals surface area contributed by atoms with E-state index < -0.39 is 0 Å². The van der Waals surface area contributed by atoms with Crippen molar-refractivity contribution in [2.75, 3.05) is 0 Å². The fraction of sp³-hybridized carbons (Fsp3) is 0.227. The van der Waals surface area contributed by atoms with Crippen molar-refractivity contribution < 1.29 is 4.79 Å². The number of hydrogen-bond donors (Lipinski definition) is 2. The Kier molecular flexibility index (Phi) is 4.81. The molecule has 0 saturated carbocycles. The van der Waals surface area contributed by atoms with Crippen molar-refractivity contribution >= 4 is 29.7 Å². The van der Waals surface area contributed by atoms with Gasteiger partial charge in [0.2, 0.25) is 0 Å². The number of aromatic nitrogens is 1. The molecule has 2 unspecified atom stereocenters. The average Bonchev–Trinajstić information content (AvgIpc) is 3.10. The van der Waals surface area contributed by atoms with Gasteiger partial charge >= 0.3 is 0 Å². The summed E-state index contributed by atoms with van der Waals surface area (Å²) in [6.45, 7) is 0. The van der Waals surface area contributed by atoms with Gasteiger partial charge in [-0.1, -0.05) is 60.7 Å². The lowest BCUT2D eigenvalue weighted by Crippen LogP contribution is -2.30. The zero-order valence-electron chi connectivity index (χ0n) is 14.4. The minimum absolute atomic E-state index is 0.00883. The molecule has 1 amide bonds. The van der Waals surface area contributed by atoms with Gasteiger partial charge in [-0.25, -0.2) is 0 Å². The van der Waals surface area contributed by atoms with E-state index in [1.54, 1.807) is 0 Å². The topological polar surface area (TPSA) is 44.9 Å². The number of aromatic amines is 1. The Morgan fingerprint density at radius 1 is 1.27 bits per heavy atom. The summed E-state index contributed by atoms with van der Waals surface area (Å²) in [5.74, 6) is -0.100. The van der Waals surface area contributed by atoms with Gasteiger partial charge in [0.1, 0.15) is 5.69 Å². The second-order valence-corrected chi connectivity index (χ2v) is 7.26. The number of carbonyl (C=O) groups excluding carboxylic acids is 1. The molecule has 2 atom stereocenters. The predicted octanol–water partition coefficient (Wildman–Crippen LogP) is 3.33. The molecule has 0 spiro atoms. The average molecular weight is 365 g/mol. The Hall–Kier alpha value is -2.52. The largest absolute Gasteiger partial charge is 0.351 e. The first-order valence-corrected chi connectivity index (χ1v) is 9.41. The highest BCUT2D eigenvalue weighted by Gasteiger charge is 2.21. The van der Waals surface area contributed by atoms with Gasteiger partial charge in [0.05, 0.1) is 11.4 Å². The van der Waals surface area contributed by atoms with Crippen molar-refractivity contribution in [3.05, 3.63) is 82.0 Å². The zero-order chi connectivity index (χ0) is 17.9. The lowest BCUT2D eigenvalue weighted by molar-refractivity contribution is 0.0937. The molecule has 0 radical (unpaired) electrons. The molecule has 2 N–H and O–H groups in total. The summed E-state index contributed by atoms with van der Waals surface area (Å²) in [5, 5.41) is 5.17. The van der Waals surface area contributed by atoms with E-state index in [1.807, 2.05) is 36.4 Å². The number of nitrogens with one attached hydrogen (secondary N) is 2. The smallest absolute Gasteiger partial charge is 0.268 e. The Bertz CT molecular complexity index is 985. The third-order valence-electron chi connectivity index (χ3n) is 4.86. The highest BCUT2D eigenvalue weighted by molar-refractivity contribution is 6.24. The molecule has 4 heteroatoms. The summed E-state index contributed by atoms with van der Waals surface area (Å²) in [7, 11) is 0. The molecule has 0 saturated heterocycles. The molecule has 1 aromatic carbocycles. The molecule has 0 aliphatic heterocycles. The highest BCUT2D eigenvalue weighted by atomic mass is 35.5. The van der Waals surface area contributed by atoms with Crippen LogP contribution in [-0.2, 0) is 0 Å². The normalized spacial score (nSPS) is 19.6. The van der Waals surface area contributed by atoms with Crippen molar-refractivity contribution in [2.45, 2.75) is 30.7 Å². The predicted molar refractivity (Wildman–Crippen MR) is 106 cm³/mol. The molecule has 0 fully saturated rings. The van der Waals surface area contributed by atoms with Crippen LogP contribution < -0.4 is 15.9 Å². The molecule has 132 valence electrons. The maximum atomic E-state index is 12.9. The van der Waals surface area contributed by atoms with Gasteiger partial charge in [0.25, 0.3) is 5.91 Å². The summed E-state index contributed by atoms with van der Waals surface area (Å²) >= 11 is 6.18. The molecule has 26 heavy (non-hydrogen) atoms. The van der Waals surface area contributed by atoms with E-state index in [0.29, 0.717) is 5.69 Å². The van der Waals surface area contributed by atoms with Crippen molar-refractivity contribution in [1.29, 1.82) is 0 Å². The van der Waals surface area contributed by atoms with E-state index in [9.17, 15) is 4.79 Å². The van der Waals surface area contributed by atoms with E-state index in [4.69, 9.17) is 11.6 Å². The molecule has 1 aromatic heterocycles. The molecule has 1 heterocycles. The van der Waals surface area contributed by atoms with Crippen LogP contribution in [-0.4, -0.2) is 16.3 Å². The van der Waals surface area contributed by atoms with Crippen LogP contribution in [0.15, 0.2) is 60.2 Å². The van der Waals surface area contributed by atoms with Crippen LogP contribution >= 0.6 is 11.6 Å². The van der Waals surface area contributed by atoms with Crippen LogP contribution in [0, 0.1) is 0 Å². The summed E-state index contributed by atoms with van der Waals surface area (Å²) in [4.78, 5) is 16.1. The Morgan fingerprint density at radius 3 is 2.88 bits per heavy atom. The monoisotopic (exact) mass is 364 g/mol. The third-order valence-corrected chi connectivity index (χ3v) is 5.16. The van der Waals surface area contributed by atoms with E-state index >= 15 is 0 Å². The van der Waals surface area contributed by atoms with Gasteiger partial charge in [-0.05, 0) is 41.7 Å². The molecule has 4 rings (SSSR count). The van der Waals surface area contributed by atoms with Crippen LogP contribution in [0.5, 0.6) is 0 Å². The maximum Gasteiger partial charge on any atom is 0.268 e. The van der Waals surface area contributed by atoms with Crippen LogP contribution in [0.4, 0.5) is 0 Å². The summed E-state index contributed by atoms with van der Waals surface area (Å²) in [5.41, 5.74) is 2.89. The molecular formula is C22H21ClN2O. The van der Waals surface area contributed by atoms with E-state index in [2.05, 4.69) is 40.7 Å². The SMILES string of the molecule is O=C(NC(C1=CC=CCC1)c1ccccc1)c1cc2c([nH]1)=CCC(Cl)C=2. The fourth-order valence-electron chi connectivity index (χ4n) is 3.52. The van der Waals surface area contributed by atoms with Gasteiger partial charge in [0.15, 0.2) is 0 Å². The van der Waals surface area contributed by atoms with Crippen molar-refractivity contribution in [2.24, 2.45) is 0 Å². The summed E-state index contributed by atoms with van der Waals surface area (Å²) < 4.78 is 0. The van der Waals surface area contributed by atoms with Crippen molar-refractivity contribution in [3.63, 3.8) is 0 Å². The number of halogens is 1. The van der Waals surface area contributed by atoms with Crippen molar-refractivity contribution in [3.8, 4) is 0 Å². The number of fused-ring (bicyclic) bond motifs is 1. The number of alkyl halides is 1. The second kappa shape index (κ2) is 7.38. The van der Waals surface area contributed by atoms with Gasteiger partial charge < -0.3 is 10.3 Å². The van der Waals surface area contributed by atoms with Crippen LogP contribution in [0.25, 0.3) is 12.2 Å². The van der Waals surface area contributed by atoms with Crippen LogP contribution in [0.2, 0.25) is 0 Å². The number of rotatable bonds is 4. The summed E-state index contributed by atoms with van der Waals surface area (Å²) in [6, 6.07) is 11.9. The molecular weight excluding hydrogens is 344 g/mol. The quantitative estimate of drug-likeness (QED) is 0.803. The third kappa shape index (κ3) is 3.54. The Labute approximate surface area is 157 Å². The minimum atomic E-state index is -0.122. The number of allylic oxidation sites excluding steroid dienone is 3. The summed E-state index contributed by atoms with van der Waals surface area (Å²) in [6.07, 6.45) is 13.1. The van der Waals surface area contributed by atoms with E-state index in [1.165, 1.54) is 5.57 Å². The first kappa shape index (κ1) is 16.9. The number of H-pyrrole nitrogens is 1. The molecule has 3 nitrogen and oxygen atoms in total. The highest BCUT2D eigenvalue weighted by Crippen LogP contribution is 2.27. The first-order chi connectivity index (χ1) is 12.7. The van der Waals surface area contributed by atoms with Gasteiger partial charge in [-0.2, -0.15) is 0 Å². The number of carbonyl (C=O) groups is 1. The zero-order valence-corrected chi connectivity index (χ0v) is 15.2. The standard InChI is InChI=1S/C22H21ClN2O/c23-18-11-12-19-17(13-18)14-20(24-19)22(26)25-21(15-7-3-1-4-8-15)16-9-5-2-6-10-16/h1-5,7-9,12-14,18,21,24H,6,10-11H2,(H,25,26). The van der Waals surface area contributed by atoms with Crippen LogP contribution in [0.3, 0.4) is 0 Å². The van der Waals surface area contributed by atoms with Gasteiger partial charge in [-0.15, -0.1) is 11.6 Å². The Morgan fingerprint density at radius 2 is 2.12 bits per heavy atom.